The summed E-state index contributed by atoms with van der Waals surface area (Å²) in [4.78, 5) is 5.03. The van der Waals surface area contributed by atoms with E-state index < -0.39 is 0 Å². The standard InChI is InChI=1S/C8H7N2O/c1-2-4-8(5-3-1)10-9-6-7-11-10/h1-5,7,9H. The fourth-order valence-corrected chi connectivity index (χ4v) is 0.879. The van der Waals surface area contributed by atoms with E-state index in [-0.39, 0.29) is 0 Å². The van der Waals surface area contributed by atoms with Gasteiger partial charge in [-0.3, -0.25) is 5.43 Å². The van der Waals surface area contributed by atoms with Crippen molar-refractivity contribution >= 4 is 5.69 Å². The molecular weight excluding hydrogens is 140 g/mol. The first kappa shape index (κ1) is 6.09. The van der Waals surface area contributed by atoms with Crippen LogP contribution >= 0.6 is 0 Å². The van der Waals surface area contributed by atoms with E-state index in [1.165, 1.54) is 11.4 Å². The van der Waals surface area contributed by atoms with Gasteiger partial charge in [0, 0.05) is 0 Å². The summed E-state index contributed by atoms with van der Waals surface area (Å²) >= 11 is 0. The Morgan fingerprint density at radius 3 is 2.73 bits per heavy atom. The summed E-state index contributed by atoms with van der Waals surface area (Å²) < 4.78 is 0. The number of hydrogen-bond acceptors (Lipinski definition) is 3. The van der Waals surface area contributed by atoms with Gasteiger partial charge in [-0.1, -0.05) is 18.2 Å². The molecule has 3 nitrogen and oxygen atoms in total. The summed E-state index contributed by atoms with van der Waals surface area (Å²) in [6, 6.07) is 9.72. The second-order valence-electron chi connectivity index (χ2n) is 2.11. The number of hydrogen-bond donors (Lipinski definition) is 1. The first-order chi connectivity index (χ1) is 5.47. The van der Waals surface area contributed by atoms with Crippen LogP contribution in [0, 0.1) is 6.20 Å². The van der Waals surface area contributed by atoms with E-state index in [1.54, 1.807) is 0 Å². The molecule has 0 aliphatic carbocycles. The molecule has 0 saturated carbocycles. The molecule has 0 bridgehead atoms. The number of anilines is 1. The molecule has 1 aromatic rings. The second-order valence-corrected chi connectivity index (χ2v) is 2.11. The maximum absolute atomic E-state index is 5.03. The summed E-state index contributed by atoms with van der Waals surface area (Å²) in [6.45, 7) is 0. The van der Waals surface area contributed by atoms with Crippen molar-refractivity contribution in [3.8, 4) is 0 Å². The van der Waals surface area contributed by atoms with Crippen molar-refractivity contribution in [2.24, 2.45) is 0 Å². The number of benzene rings is 1. The maximum atomic E-state index is 5.03. The normalized spacial score (nSPS) is 14.4. The Labute approximate surface area is 64.8 Å². The van der Waals surface area contributed by atoms with Crippen LogP contribution in [0.15, 0.2) is 36.6 Å². The molecule has 0 unspecified atom stereocenters. The highest BCUT2D eigenvalue weighted by molar-refractivity contribution is 5.42. The predicted octanol–water partition coefficient (Wildman–Crippen LogP) is 1.22. The average Bonchev–Trinajstić information content (AvgIpc) is 2.58. The Morgan fingerprint density at radius 1 is 1.27 bits per heavy atom. The van der Waals surface area contributed by atoms with Gasteiger partial charge in [-0.25, -0.2) is 0 Å². The van der Waals surface area contributed by atoms with Crippen LogP contribution < -0.4 is 10.6 Å². The highest BCUT2D eigenvalue weighted by Crippen LogP contribution is 2.12. The van der Waals surface area contributed by atoms with E-state index >= 15 is 0 Å². The van der Waals surface area contributed by atoms with Crippen molar-refractivity contribution in [2.45, 2.75) is 0 Å². The van der Waals surface area contributed by atoms with Gasteiger partial charge in [0.05, 0.1) is 5.69 Å². The van der Waals surface area contributed by atoms with Crippen molar-refractivity contribution in [1.82, 2.24) is 5.43 Å². The van der Waals surface area contributed by atoms with Crippen LogP contribution in [0.25, 0.3) is 0 Å². The molecule has 55 valence electrons. The lowest BCUT2D eigenvalue weighted by atomic mass is 10.3. The number of nitrogens with one attached hydrogen (secondary N) is 1. The van der Waals surface area contributed by atoms with Gasteiger partial charge < -0.3 is 4.84 Å². The zero-order chi connectivity index (χ0) is 7.52. The first-order valence-corrected chi connectivity index (χ1v) is 3.31. The molecule has 0 atom stereocenters. The third-order valence-corrected chi connectivity index (χ3v) is 1.37. The molecule has 1 aromatic carbocycles. The van der Waals surface area contributed by atoms with E-state index in [1.807, 2.05) is 30.3 Å². The highest BCUT2D eigenvalue weighted by Gasteiger charge is 2.06. The van der Waals surface area contributed by atoms with Gasteiger partial charge in [-0.2, -0.15) is 0 Å². The molecule has 1 radical (unpaired) electrons. The van der Waals surface area contributed by atoms with E-state index in [0.29, 0.717) is 0 Å². The lowest BCUT2D eigenvalue weighted by molar-refractivity contribution is 0.221. The zero-order valence-corrected chi connectivity index (χ0v) is 5.82. The second kappa shape index (κ2) is 2.54. The molecule has 0 aromatic heterocycles. The highest BCUT2D eigenvalue weighted by atomic mass is 16.7. The molecule has 0 amide bonds. The molecular formula is C8H7N2O. The van der Waals surface area contributed by atoms with Crippen LogP contribution in [0.2, 0.25) is 0 Å². The number of hydrazine groups is 1. The number of rotatable bonds is 1. The summed E-state index contributed by atoms with van der Waals surface area (Å²) in [5.41, 5.74) is 3.73. The predicted molar refractivity (Wildman–Crippen MR) is 41.0 cm³/mol. The molecule has 11 heavy (non-hydrogen) atoms. The average molecular weight is 147 g/mol. The summed E-state index contributed by atoms with van der Waals surface area (Å²) in [6.07, 6.45) is 4.16. The van der Waals surface area contributed by atoms with Crippen molar-refractivity contribution in [1.29, 1.82) is 0 Å². The van der Waals surface area contributed by atoms with Gasteiger partial charge >= 0.3 is 0 Å². The summed E-state index contributed by atoms with van der Waals surface area (Å²) in [7, 11) is 0. The number of nitrogens with zero attached hydrogens (tertiary/aromatic N) is 1. The Hall–Kier alpha value is -1.64. The molecule has 3 heteroatoms. The van der Waals surface area contributed by atoms with Crippen molar-refractivity contribution in [3.05, 3.63) is 42.8 Å². The topological polar surface area (TPSA) is 24.5 Å². The van der Waals surface area contributed by atoms with Crippen LogP contribution in [0.3, 0.4) is 0 Å². The summed E-state index contributed by atoms with van der Waals surface area (Å²) in [5.74, 6) is 0. The lowest BCUT2D eigenvalue weighted by Gasteiger charge is -2.15. The van der Waals surface area contributed by atoms with Crippen LogP contribution in [-0.2, 0) is 4.84 Å². The van der Waals surface area contributed by atoms with Gasteiger partial charge in [0.1, 0.15) is 12.5 Å². The van der Waals surface area contributed by atoms with E-state index in [9.17, 15) is 0 Å². The summed E-state index contributed by atoms with van der Waals surface area (Å²) in [5, 5.41) is 1.53. The van der Waals surface area contributed by atoms with Crippen LogP contribution in [0.1, 0.15) is 0 Å². The van der Waals surface area contributed by atoms with Crippen molar-refractivity contribution < 1.29 is 4.84 Å². The maximum Gasteiger partial charge on any atom is 0.149 e. The monoisotopic (exact) mass is 147 g/mol. The largest absolute Gasteiger partial charge is 0.365 e. The van der Waals surface area contributed by atoms with E-state index in [4.69, 9.17) is 4.84 Å². The molecule has 1 heterocycles. The molecule has 1 aliphatic rings. The number of para-hydroxylation sites is 1. The molecule has 2 rings (SSSR count). The van der Waals surface area contributed by atoms with Crippen LogP contribution in [-0.4, -0.2) is 0 Å². The van der Waals surface area contributed by atoms with Gasteiger partial charge in [-0.15, -0.1) is 5.17 Å². The Bertz CT molecular complexity index is 250. The van der Waals surface area contributed by atoms with Gasteiger partial charge in [-0.05, 0) is 12.1 Å². The Balaban J connectivity index is 2.17. The quantitative estimate of drug-likeness (QED) is 0.646. The Kier molecular flexibility index (Phi) is 1.41. The van der Waals surface area contributed by atoms with Gasteiger partial charge in [0.15, 0.2) is 0 Å². The van der Waals surface area contributed by atoms with Crippen LogP contribution in [0.4, 0.5) is 5.69 Å². The third-order valence-electron chi connectivity index (χ3n) is 1.37. The smallest absolute Gasteiger partial charge is 0.149 e. The zero-order valence-electron chi connectivity index (χ0n) is 5.82. The molecule has 1 aliphatic heterocycles. The molecule has 0 fully saturated rings. The minimum absolute atomic E-state index is 0.953. The Morgan fingerprint density at radius 2 is 2.09 bits per heavy atom. The molecule has 0 spiro atoms. The minimum atomic E-state index is 0.953. The lowest BCUT2D eigenvalue weighted by Crippen LogP contribution is -2.27. The van der Waals surface area contributed by atoms with Crippen LogP contribution in [0.5, 0.6) is 0 Å². The van der Waals surface area contributed by atoms with E-state index in [0.717, 1.165) is 5.69 Å². The fraction of sp³-hybridized carbons (Fsp3) is 0. The third kappa shape index (κ3) is 1.12. The fourth-order valence-electron chi connectivity index (χ4n) is 0.879. The van der Waals surface area contributed by atoms with Crippen molar-refractivity contribution in [2.75, 3.05) is 5.17 Å². The first-order valence-electron chi connectivity index (χ1n) is 3.31. The minimum Gasteiger partial charge on any atom is -0.365 e. The van der Waals surface area contributed by atoms with E-state index in [2.05, 4.69) is 11.6 Å². The molecule has 0 saturated heterocycles. The van der Waals surface area contributed by atoms with Gasteiger partial charge in [0.25, 0.3) is 0 Å². The van der Waals surface area contributed by atoms with Crippen molar-refractivity contribution in [3.63, 3.8) is 0 Å². The van der Waals surface area contributed by atoms with Gasteiger partial charge in [0.2, 0.25) is 0 Å². The molecule has 1 N–H and O–H groups in total. The SMILES string of the molecule is [C]1=CON(c2ccccc2)N1.